The third-order valence-corrected chi connectivity index (χ3v) is 1.19. The van der Waals surface area contributed by atoms with Gasteiger partial charge in [0.15, 0.2) is 0 Å². The number of aliphatic hydroxyl groups excluding tert-OH is 3. The summed E-state index contributed by atoms with van der Waals surface area (Å²) in [5, 5.41) is 35.4. The summed E-state index contributed by atoms with van der Waals surface area (Å²) in [6.45, 7) is -3.01. The van der Waals surface area contributed by atoms with Crippen molar-refractivity contribution in [2.75, 3.05) is 6.56 Å². The molecule has 0 saturated heterocycles. The second kappa shape index (κ2) is 5.20. The number of rotatable bonds is 5. The number of carbonyl (C=O) groups is 1. The summed E-state index contributed by atoms with van der Waals surface area (Å²) in [4.78, 5) is 9.88. The molecule has 0 aromatic carbocycles. The Labute approximate surface area is 66.7 Å². The SMILES string of the molecule is [2H]C([2H])(O)[C@@H](O)[C@@H](O)[C@H](O)CC=O. The van der Waals surface area contributed by atoms with Gasteiger partial charge >= 0.3 is 0 Å². The van der Waals surface area contributed by atoms with Crippen LogP contribution in [0.2, 0.25) is 0 Å². The summed E-state index contributed by atoms with van der Waals surface area (Å²) in [7, 11) is 0. The minimum absolute atomic E-state index is 0.313. The fourth-order valence-electron chi connectivity index (χ4n) is 0.525. The normalized spacial score (nSPS) is 22.9. The van der Waals surface area contributed by atoms with Crippen LogP contribution in [0.5, 0.6) is 0 Å². The Morgan fingerprint density at radius 1 is 1.36 bits per heavy atom. The first-order chi connectivity index (χ1) is 5.80. The summed E-state index contributed by atoms with van der Waals surface area (Å²) >= 11 is 0. The molecule has 0 spiro atoms. The minimum atomic E-state index is -3.01. The molecule has 4 N–H and O–H groups in total. The standard InChI is InChI=1S/C6H12O5/c7-2-1-4(9)6(11)5(10)3-8/h2,4-6,8-11H,1,3H2/t4-,5-,6+/m1/s1/i3D2. The molecule has 0 aliphatic heterocycles. The Morgan fingerprint density at radius 3 is 2.27 bits per heavy atom. The Morgan fingerprint density at radius 2 is 1.91 bits per heavy atom. The van der Waals surface area contributed by atoms with Gasteiger partial charge < -0.3 is 25.2 Å². The van der Waals surface area contributed by atoms with E-state index in [1.807, 2.05) is 0 Å². The lowest BCUT2D eigenvalue weighted by Gasteiger charge is -2.19. The van der Waals surface area contributed by atoms with E-state index >= 15 is 0 Å². The Balaban J connectivity index is 4.24. The van der Waals surface area contributed by atoms with E-state index in [2.05, 4.69) is 0 Å². The van der Waals surface area contributed by atoms with Crippen molar-refractivity contribution in [3.05, 3.63) is 0 Å². The van der Waals surface area contributed by atoms with E-state index in [-0.39, 0.29) is 0 Å². The van der Waals surface area contributed by atoms with Gasteiger partial charge in [0.2, 0.25) is 0 Å². The van der Waals surface area contributed by atoms with Crippen LogP contribution in [0.4, 0.5) is 0 Å². The van der Waals surface area contributed by atoms with Crippen molar-refractivity contribution in [1.29, 1.82) is 0 Å². The van der Waals surface area contributed by atoms with E-state index < -0.39 is 31.3 Å². The van der Waals surface area contributed by atoms with Crippen molar-refractivity contribution in [1.82, 2.24) is 0 Å². The molecule has 0 fully saturated rings. The zero-order valence-corrected chi connectivity index (χ0v) is 5.71. The molecule has 0 aliphatic carbocycles. The maximum Gasteiger partial charge on any atom is 0.122 e. The first kappa shape index (κ1) is 7.17. The Hall–Kier alpha value is -0.490. The van der Waals surface area contributed by atoms with Crippen LogP contribution in [-0.4, -0.2) is 51.6 Å². The second-order valence-corrected chi connectivity index (χ2v) is 2.03. The Bertz CT molecular complexity index is 169. The summed E-state index contributed by atoms with van der Waals surface area (Å²) in [5.41, 5.74) is 0. The number of hydrogen-bond donors (Lipinski definition) is 4. The van der Waals surface area contributed by atoms with Crippen molar-refractivity contribution in [3.8, 4) is 0 Å². The fourth-order valence-corrected chi connectivity index (χ4v) is 0.525. The molecule has 0 aliphatic rings. The van der Waals surface area contributed by atoms with Crippen LogP contribution in [0.25, 0.3) is 0 Å². The molecule has 5 heteroatoms. The molecule has 0 saturated carbocycles. The molecular formula is C6H12O5. The first-order valence-corrected chi connectivity index (χ1v) is 3.01. The molecule has 0 aromatic rings. The molecule has 0 unspecified atom stereocenters. The molecule has 5 nitrogen and oxygen atoms in total. The van der Waals surface area contributed by atoms with Gasteiger partial charge in [0.1, 0.15) is 18.5 Å². The van der Waals surface area contributed by atoms with Crippen LogP contribution < -0.4 is 0 Å². The lowest BCUT2D eigenvalue weighted by molar-refractivity contribution is -0.115. The Kier molecular flexibility index (Phi) is 3.39. The largest absolute Gasteiger partial charge is 0.394 e. The predicted molar refractivity (Wildman–Crippen MR) is 35.8 cm³/mol. The highest BCUT2D eigenvalue weighted by molar-refractivity contribution is 5.50. The van der Waals surface area contributed by atoms with E-state index in [0.29, 0.717) is 6.29 Å². The summed E-state index contributed by atoms with van der Waals surface area (Å²) in [5.74, 6) is 0. The summed E-state index contributed by atoms with van der Waals surface area (Å²) in [6, 6.07) is 0. The van der Waals surface area contributed by atoms with Gasteiger partial charge in [-0.1, -0.05) is 0 Å². The molecule has 0 bridgehead atoms. The number of carbonyl (C=O) groups excluding carboxylic acids is 1. The molecule has 0 aromatic heterocycles. The van der Waals surface area contributed by atoms with Gasteiger partial charge in [-0.05, 0) is 0 Å². The minimum Gasteiger partial charge on any atom is -0.394 e. The van der Waals surface area contributed by atoms with Crippen molar-refractivity contribution in [2.24, 2.45) is 0 Å². The summed E-state index contributed by atoms with van der Waals surface area (Å²) < 4.78 is 13.2. The first-order valence-electron chi connectivity index (χ1n) is 4.01. The van der Waals surface area contributed by atoms with E-state index in [0.717, 1.165) is 0 Å². The average molecular weight is 166 g/mol. The molecule has 66 valence electrons. The number of hydrogen-bond acceptors (Lipinski definition) is 5. The van der Waals surface area contributed by atoms with E-state index in [4.69, 9.17) is 23.2 Å². The highest BCUT2D eigenvalue weighted by Gasteiger charge is 2.23. The highest BCUT2D eigenvalue weighted by Crippen LogP contribution is 2.01. The van der Waals surface area contributed by atoms with E-state index in [9.17, 15) is 4.79 Å². The third-order valence-electron chi connectivity index (χ3n) is 1.19. The van der Waals surface area contributed by atoms with Gasteiger partial charge in [-0.15, -0.1) is 0 Å². The van der Waals surface area contributed by atoms with E-state index in [1.165, 1.54) is 0 Å². The lowest BCUT2D eigenvalue weighted by atomic mass is 10.1. The van der Waals surface area contributed by atoms with E-state index in [1.54, 1.807) is 0 Å². The van der Waals surface area contributed by atoms with Gasteiger partial charge in [0.25, 0.3) is 0 Å². The van der Waals surface area contributed by atoms with Crippen LogP contribution >= 0.6 is 0 Å². The van der Waals surface area contributed by atoms with Gasteiger partial charge in [-0.2, -0.15) is 0 Å². The van der Waals surface area contributed by atoms with Gasteiger partial charge in [-0.25, -0.2) is 0 Å². The zero-order chi connectivity index (χ0) is 10.6. The van der Waals surface area contributed by atoms with Gasteiger partial charge in [0, 0.05) is 6.42 Å². The lowest BCUT2D eigenvalue weighted by Crippen LogP contribution is -2.39. The number of aldehydes is 1. The topological polar surface area (TPSA) is 98.0 Å². The molecule has 0 amide bonds. The number of aliphatic hydroxyl groups is 4. The predicted octanol–water partition coefficient (Wildman–Crippen LogP) is -2.35. The fraction of sp³-hybridized carbons (Fsp3) is 0.833. The van der Waals surface area contributed by atoms with Crippen LogP contribution in [0.1, 0.15) is 9.16 Å². The summed E-state index contributed by atoms with van der Waals surface area (Å²) in [6.07, 6.45) is -5.76. The quantitative estimate of drug-likeness (QED) is 0.343. The monoisotopic (exact) mass is 166 g/mol. The molecular weight excluding hydrogens is 152 g/mol. The molecule has 0 heterocycles. The third kappa shape index (κ3) is 3.43. The van der Waals surface area contributed by atoms with Gasteiger partial charge in [-0.3, -0.25) is 0 Å². The molecule has 0 rings (SSSR count). The maximum absolute atomic E-state index is 9.88. The average Bonchev–Trinajstić information content (AvgIpc) is 2.00. The van der Waals surface area contributed by atoms with Crippen molar-refractivity contribution >= 4 is 6.29 Å². The van der Waals surface area contributed by atoms with Gasteiger partial charge in [0.05, 0.1) is 15.4 Å². The molecule has 11 heavy (non-hydrogen) atoms. The highest BCUT2D eigenvalue weighted by atomic mass is 16.4. The van der Waals surface area contributed by atoms with Crippen molar-refractivity contribution in [3.63, 3.8) is 0 Å². The van der Waals surface area contributed by atoms with Crippen molar-refractivity contribution < 1.29 is 28.0 Å². The second-order valence-electron chi connectivity index (χ2n) is 2.03. The maximum atomic E-state index is 9.88. The van der Waals surface area contributed by atoms with Crippen LogP contribution in [-0.2, 0) is 4.79 Å². The van der Waals surface area contributed by atoms with Crippen molar-refractivity contribution in [2.45, 2.75) is 24.7 Å². The smallest absolute Gasteiger partial charge is 0.122 e. The van der Waals surface area contributed by atoms with Crippen LogP contribution in [0.3, 0.4) is 0 Å². The molecule has 3 atom stereocenters. The zero-order valence-electron chi connectivity index (χ0n) is 7.71. The van der Waals surface area contributed by atoms with Crippen LogP contribution in [0.15, 0.2) is 0 Å². The van der Waals surface area contributed by atoms with Crippen LogP contribution in [0, 0.1) is 0 Å². The molecule has 0 radical (unpaired) electrons.